The van der Waals surface area contributed by atoms with Gasteiger partial charge in [-0.3, -0.25) is 0 Å². The Bertz CT molecular complexity index is 587. The molecule has 0 aromatic heterocycles. The summed E-state index contributed by atoms with van der Waals surface area (Å²) in [5, 5.41) is 0.934. The van der Waals surface area contributed by atoms with Gasteiger partial charge in [-0.05, 0) is 39.7 Å². The summed E-state index contributed by atoms with van der Waals surface area (Å²) in [5.74, 6) is -0.287. The molecule has 0 aliphatic heterocycles. The van der Waals surface area contributed by atoms with E-state index in [-0.39, 0.29) is 10.6 Å². The number of rotatable bonds is 2. The van der Waals surface area contributed by atoms with E-state index in [1.807, 2.05) is 6.07 Å². The van der Waals surface area contributed by atoms with Crippen molar-refractivity contribution in [1.82, 2.24) is 0 Å². The molecule has 0 aliphatic rings. The van der Waals surface area contributed by atoms with Gasteiger partial charge in [-0.15, -0.1) is 0 Å². The monoisotopic (exact) mass is 410 g/mol. The first kappa shape index (κ1) is 14.3. The highest BCUT2D eigenvalue weighted by Gasteiger charge is 2.17. The van der Waals surface area contributed by atoms with Gasteiger partial charge in [0.25, 0.3) is 0 Å². The molecule has 1 atom stereocenters. The first-order valence-corrected chi connectivity index (χ1v) is 7.50. The predicted octanol–water partition coefficient (Wildman–Crippen LogP) is 6.38. The van der Waals surface area contributed by atoms with Gasteiger partial charge in [0.2, 0.25) is 0 Å². The van der Waals surface area contributed by atoms with E-state index in [2.05, 4.69) is 31.9 Å². The van der Waals surface area contributed by atoms with Crippen molar-refractivity contribution in [3.8, 4) is 0 Å². The fourth-order valence-corrected chi connectivity index (χ4v) is 2.89. The van der Waals surface area contributed by atoms with Crippen molar-refractivity contribution < 1.29 is 4.39 Å². The molecule has 0 saturated heterocycles. The Kier molecular flexibility index (Phi) is 4.70. The van der Waals surface area contributed by atoms with Gasteiger partial charge in [-0.1, -0.05) is 57.3 Å². The standard InChI is InChI=1S/C13H7Br2Cl2F/c14-9-3-1-2-8(13(9)18)12(15)7-4-5-10(16)11(17)6-7/h1-6,12H. The fraction of sp³-hybridized carbons (Fsp3) is 0.0769. The molecular weight excluding hydrogens is 406 g/mol. The van der Waals surface area contributed by atoms with Crippen molar-refractivity contribution >= 4 is 55.1 Å². The zero-order valence-electron chi connectivity index (χ0n) is 8.93. The third-order valence-corrected chi connectivity index (χ3v) is 4.86. The maximum Gasteiger partial charge on any atom is 0.142 e. The third kappa shape index (κ3) is 2.90. The molecule has 0 heterocycles. The Morgan fingerprint density at radius 2 is 1.78 bits per heavy atom. The van der Waals surface area contributed by atoms with Gasteiger partial charge < -0.3 is 0 Å². The SMILES string of the molecule is Fc1c(Br)cccc1C(Br)c1ccc(Cl)c(Cl)c1. The molecule has 18 heavy (non-hydrogen) atoms. The Morgan fingerprint density at radius 3 is 2.44 bits per heavy atom. The molecule has 0 aliphatic carbocycles. The van der Waals surface area contributed by atoms with Crippen molar-refractivity contribution in [2.75, 3.05) is 0 Å². The van der Waals surface area contributed by atoms with E-state index in [4.69, 9.17) is 23.2 Å². The summed E-state index contributed by atoms with van der Waals surface area (Å²) >= 11 is 18.5. The van der Waals surface area contributed by atoms with Crippen molar-refractivity contribution in [3.05, 3.63) is 67.9 Å². The number of benzene rings is 2. The van der Waals surface area contributed by atoms with E-state index in [9.17, 15) is 4.39 Å². The van der Waals surface area contributed by atoms with Crippen LogP contribution in [0.4, 0.5) is 4.39 Å². The Labute approximate surface area is 131 Å². The fourth-order valence-electron chi connectivity index (χ4n) is 1.57. The van der Waals surface area contributed by atoms with E-state index in [0.717, 1.165) is 5.56 Å². The van der Waals surface area contributed by atoms with Crippen LogP contribution in [-0.4, -0.2) is 0 Å². The largest absolute Gasteiger partial charge is 0.205 e. The van der Waals surface area contributed by atoms with Crippen molar-refractivity contribution in [2.45, 2.75) is 4.83 Å². The minimum Gasteiger partial charge on any atom is -0.205 e. The zero-order chi connectivity index (χ0) is 13.3. The van der Waals surface area contributed by atoms with Gasteiger partial charge in [0.15, 0.2) is 0 Å². The van der Waals surface area contributed by atoms with Crippen LogP contribution in [0.5, 0.6) is 0 Å². The van der Waals surface area contributed by atoms with Gasteiger partial charge in [-0.2, -0.15) is 0 Å². The minimum absolute atomic E-state index is 0.273. The van der Waals surface area contributed by atoms with Crippen LogP contribution in [0.15, 0.2) is 40.9 Å². The van der Waals surface area contributed by atoms with Gasteiger partial charge >= 0.3 is 0 Å². The summed E-state index contributed by atoms with van der Waals surface area (Å²) in [6, 6.07) is 10.4. The first-order chi connectivity index (χ1) is 8.50. The summed E-state index contributed by atoms with van der Waals surface area (Å²) < 4.78 is 14.4. The molecule has 0 N–H and O–H groups in total. The van der Waals surface area contributed by atoms with E-state index in [0.29, 0.717) is 20.1 Å². The van der Waals surface area contributed by atoms with Crippen LogP contribution in [0.1, 0.15) is 16.0 Å². The molecule has 0 amide bonds. The maximum absolute atomic E-state index is 14.0. The Balaban J connectivity index is 2.44. The number of halogens is 5. The lowest BCUT2D eigenvalue weighted by Crippen LogP contribution is -1.97. The minimum atomic E-state index is -0.287. The second kappa shape index (κ2) is 5.91. The van der Waals surface area contributed by atoms with Crippen LogP contribution in [0.3, 0.4) is 0 Å². The van der Waals surface area contributed by atoms with Gasteiger partial charge in [0, 0.05) is 5.56 Å². The molecule has 1 unspecified atom stereocenters. The molecule has 0 nitrogen and oxygen atoms in total. The lowest BCUT2D eigenvalue weighted by atomic mass is 10.0. The molecule has 94 valence electrons. The second-order valence-electron chi connectivity index (χ2n) is 3.68. The van der Waals surface area contributed by atoms with E-state index in [1.165, 1.54) is 0 Å². The van der Waals surface area contributed by atoms with Crippen LogP contribution in [-0.2, 0) is 0 Å². The molecule has 0 saturated carbocycles. The lowest BCUT2D eigenvalue weighted by Gasteiger charge is -2.13. The lowest BCUT2D eigenvalue weighted by molar-refractivity contribution is 0.607. The van der Waals surface area contributed by atoms with Crippen LogP contribution in [0.25, 0.3) is 0 Å². The second-order valence-corrected chi connectivity index (χ2v) is 6.26. The first-order valence-electron chi connectivity index (χ1n) is 5.03. The van der Waals surface area contributed by atoms with Crippen LogP contribution >= 0.6 is 55.1 Å². The molecular formula is C13H7Br2Cl2F. The van der Waals surface area contributed by atoms with Crippen molar-refractivity contribution in [1.29, 1.82) is 0 Å². The summed E-state index contributed by atoms with van der Waals surface area (Å²) in [4.78, 5) is -0.273. The number of alkyl halides is 1. The highest BCUT2D eigenvalue weighted by molar-refractivity contribution is 9.10. The third-order valence-electron chi connectivity index (χ3n) is 2.49. The van der Waals surface area contributed by atoms with E-state index < -0.39 is 0 Å². The topological polar surface area (TPSA) is 0 Å². The highest BCUT2D eigenvalue weighted by atomic mass is 79.9. The van der Waals surface area contributed by atoms with Crippen LogP contribution in [0, 0.1) is 5.82 Å². The quantitative estimate of drug-likeness (QED) is 0.502. The van der Waals surface area contributed by atoms with Crippen molar-refractivity contribution in [2.24, 2.45) is 0 Å². The number of hydrogen-bond acceptors (Lipinski definition) is 0. The van der Waals surface area contributed by atoms with Crippen LogP contribution < -0.4 is 0 Å². The molecule has 2 aromatic carbocycles. The van der Waals surface area contributed by atoms with E-state index >= 15 is 0 Å². The Morgan fingerprint density at radius 1 is 1.06 bits per heavy atom. The molecule has 0 bridgehead atoms. The summed E-state index contributed by atoms with van der Waals surface area (Å²) in [7, 11) is 0. The summed E-state index contributed by atoms with van der Waals surface area (Å²) in [5.41, 5.74) is 1.39. The summed E-state index contributed by atoms with van der Waals surface area (Å²) in [6.07, 6.45) is 0. The highest BCUT2D eigenvalue weighted by Crippen LogP contribution is 2.36. The summed E-state index contributed by atoms with van der Waals surface area (Å²) in [6.45, 7) is 0. The molecule has 2 aromatic rings. The van der Waals surface area contributed by atoms with Gasteiger partial charge in [0.05, 0.1) is 19.3 Å². The van der Waals surface area contributed by atoms with Crippen molar-refractivity contribution in [3.63, 3.8) is 0 Å². The molecule has 2 rings (SSSR count). The smallest absolute Gasteiger partial charge is 0.142 e. The average molecular weight is 413 g/mol. The average Bonchev–Trinajstić information content (AvgIpc) is 2.35. The molecule has 5 heteroatoms. The molecule has 0 radical (unpaired) electrons. The molecule has 0 fully saturated rings. The van der Waals surface area contributed by atoms with Gasteiger partial charge in [0.1, 0.15) is 5.82 Å². The van der Waals surface area contributed by atoms with E-state index in [1.54, 1.807) is 30.3 Å². The Hall–Kier alpha value is -0.0900. The van der Waals surface area contributed by atoms with Crippen LogP contribution in [0.2, 0.25) is 10.0 Å². The van der Waals surface area contributed by atoms with Gasteiger partial charge in [-0.25, -0.2) is 4.39 Å². The normalized spacial score (nSPS) is 12.5. The predicted molar refractivity (Wildman–Crippen MR) is 81.3 cm³/mol. The number of hydrogen-bond donors (Lipinski definition) is 0. The molecule has 0 spiro atoms. The maximum atomic E-state index is 14.0. The zero-order valence-corrected chi connectivity index (χ0v) is 13.6.